The van der Waals surface area contributed by atoms with Crippen LogP contribution in [0.2, 0.25) is 0 Å². The lowest BCUT2D eigenvalue weighted by Crippen LogP contribution is -2.00. The Labute approximate surface area is 72.2 Å². The Hall–Kier alpha value is -0.890. The van der Waals surface area contributed by atoms with Gasteiger partial charge in [-0.05, 0) is 12.5 Å². The van der Waals surface area contributed by atoms with Crippen molar-refractivity contribution < 1.29 is 9.13 Å². The summed E-state index contributed by atoms with van der Waals surface area (Å²) in [4.78, 5) is 0. The molecule has 1 radical (unpaired) electrons. The summed E-state index contributed by atoms with van der Waals surface area (Å²) >= 11 is 0. The highest BCUT2D eigenvalue weighted by Crippen LogP contribution is 2.07. The van der Waals surface area contributed by atoms with E-state index in [-0.39, 0.29) is 0 Å². The van der Waals surface area contributed by atoms with Crippen LogP contribution in [0, 0.1) is 6.10 Å². The Morgan fingerprint density at radius 1 is 1.33 bits per heavy atom. The van der Waals surface area contributed by atoms with Gasteiger partial charge in [0.25, 0.3) is 0 Å². The first-order valence-corrected chi connectivity index (χ1v) is 3.88. The highest BCUT2D eigenvalue weighted by atomic mass is 19.1. The van der Waals surface area contributed by atoms with Crippen LogP contribution in [0.15, 0.2) is 30.3 Å². The first kappa shape index (κ1) is 9.20. The smallest absolute Gasteiger partial charge is 0.125 e. The Balaban J connectivity index is 2.33. The minimum absolute atomic E-state index is 0.429. The number of halogens is 1. The van der Waals surface area contributed by atoms with Crippen molar-refractivity contribution in [2.45, 2.75) is 13.5 Å². The second kappa shape index (κ2) is 4.88. The zero-order chi connectivity index (χ0) is 8.81. The van der Waals surface area contributed by atoms with E-state index in [0.29, 0.717) is 12.7 Å². The van der Waals surface area contributed by atoms with E-state index in [0.717, 1.165) is 5.56 Å². The van der Waals surface area contributed by atoms with Gasteiger partial charge in [0.2, 0.25) is 0 Å². The summed E-state index contributed by atoms with van der Waals surface area (Å²) < 4.78 is 17.0. The summed E-state index contributed by atoms with van der Waals surface area (Å²) in [5, 5.41) is 0. The molecule has 0 aliphatic rings. The average Bonchev–Trinajstić information content (AvgIpc) is 2.16. The SMILES string of the molecule is C[C](CF)OCc1ccccc1. The number of benzene rings is 1. The fourth-order valence-electron chi connectivity index (χ4n) is 0.819. The van der Waals surface area contributed by atoms with Crippen LogP contribution in [-0.2, 0) is 11.3 Å². The molecule has 0 amide bonds. The van der Waals surface area contributed by atoms with Crippen molar-refractivity contribution >= 4 is 0 Å². The maximum Gasteiger partial charge on any atom is 0.125 e. The molecule has 1 nitrogen and oxygen atoms in total. The first-order valence-electron chi connectivity index (χ1n) is 3.88. The molecular weight excluding hydrogens is 155 g/mol. The third kappa shape index (κ3) is 3.01. The number of rotatable bonds is 4. The second-order valence-electron chi connectivity index (χ2n) is 2.61. The van der Waals surface area contributed by atoms with Gasteiger partial charge in [0, 0.05) is 0 Å². The van der Waals surface area contributed by atoms with Gasteiger partial charge in [-0.25, -0.2) is 4.39 Å². The molecule has 0 saturated carbocycles. The van der Waals surface area contributed by atoms with E-state index in [1.807, 2.05) is 30.3 Å². The molecule has 0 atom stereocenters. The molecule has 0 aromatic heterocycles. The van der Waals surface area contributed by atoms with Gasteiger partial charge in [-0.1, -0.05) is 30.3 Å². The van der Waals surface area contributed by atoms with Crippen molar-refractivity contribution in [1.82, 2.24) is 0 Å². The van der Waals surface area contributed by atoms with Crippen molar-refractivity contribution in [2.75, 3.05) is 6.67 Å². The summed E-state index contributed by atoms with van der Waals surface area (Å²) in [5.74, 6) is 0. The summed E-state index contributed by atoms with van der Waals surface area (Å²) in [7, 11) is 0. The van der Waals surface area contributed by atoms with Gasteiger partial charge in [0.1, 0.15) is 12.8 Å². The first-order chi connectivity index (χ1) is 5.83. The van der Waals surface area contributed by atoms with Crippen molar-refractivity contribution in [2.24, 2.45) is 0 Å². The topological polar surface area (TPSA) is 9.23 Å². The maximum absolute atomic E-state index is 11.9. The molecule has 0 aliphatic carbocycles. The molecule has 0 saturated heterocycles. The van der Waals surface area contributed by atoms with Gasteiger partial charge in [-0.15, -0.1) is 0 Å². The van der Waals surface area contributed by atoms with Crippen molar-refractivity contribution in [3.05, 3.63) is 42.0 Å². The van der Waals surface area contributed by atoms with Crippen LogP contribution >= 0.6 is 0 Å². The van der Waals surface area contributed by atoms with Crippen LogP contribution in [0.25, 0.3) is 0 Å². The highest BCUT2D eigenvalue weighted by molar-refractivity contribution is 5.13. The van der Waals surface area contributed by atoms with E-state index in [2.05, 4.69) is 0 Å². The van der Waals surface area contributed by atoms with E-state index in [9.17, 15) is 4.39 Å². The van der Waals surface area contributed by atoms with Crippen molar-refractivity contribution in [3.63, 3.8) is 0 Å². The molecule has 0 bridgehead atoms. The fourth-order valence-corrected chi connectivity index (χ4v) is 0.819. The fraction of sp³-hybridized carbons (Fsp3) is 0.300. The predicted molar refractivity (Wildman–Crippen MR) is 46.1 cm³/mol. The zero-order valence-corrected chi connectivity index (χ0v) is 7.09. The van der Waals surface area contributed by atoms with Crippen LogP contribution in [-0.4, -0.2) is 6.67 Å². The Bertz CT molecular complexity index is 210. The van der Waals surface area contributed by atoms with Crippen LogP contribution in [0.4, 0.5) is 4.39 Å². The van der Waals surface area contributed by atoms with Gasteiger partial charge < -0.3 is 4.74 Å². The molecule has 0 unspecified atom stereocenters. The van der Waals surface area contributed by atoms with Gasteiger partial charge in [-0.3, -0.25) is 0 Å². The lowest BCUT2D eigenvalue weighted by molar-refractivity contribution is 0.116. The predicted octanol–water partition coefficient (Wildman–Crippen LogP) is 2.72. The maximum atomic E-state index is 11.9. The molecule has 0 N–H and O–H groups in total. The lowest BCUT2D eigenvalue weighted by atomic mass is 10.2. The minimum Gasteiger partial charge on any atom is -0.365 e. The molecule has 0 spiro atoms. The molecule has 12 heavy (non-hydrogen) atoms. The molecule has 0 aliphatic heterocycles. The number of hydrogen-bond acceptors (Lipinski definition) is 1. The Kier molecular flexibility index (Phi) is 3.74. The molecule has 2 heteroatoms. The normalized spacial score (nSPS) is 10.6. The average molecular weight is 167 g/mol. The molecular formula is C10H12FO. The van der Waals surface area contributed by atoms with E-state index in [1.54, 1.807) is 6.92 Å². The van der Waals surface area contributed by atoms with Crippen LogP contribution in [0.1, 0.15) is 12.5 Å². The van der Waals surface area contributed by atoms with Gasteiger partial charge in [-0.2, -0.15) is 0 Å². The number of alkyl halides is 1. The monoisotopic (exact) mass is 167 g/mol. The van der Waals surface area contributed by atoms with Gasteiger partial charge in [0.15, 0.2) is 0 Å². The number of hydrogen-bond donors (Lipinski definition) is 0. The van der Waals surface area contributed by atoms with Crippen LogP contribution in [0.3, 0.4) is 0 Å². The molecule has 65 valence electrons. The van der Waals surface area contributed by atoms with Crippen molar-refractivity contribution in [1.29, 1.82) is 0 Å². The molecule has 1 rings (SSSR count). The van der Waals surface area contributed by atoms with E-state index < -0.39 is 6.67 Å². The van der Waals surface area contributed by atoms with E-state index in [1.165, 1.54) is 0 Å². The second-order valence-corrected chi connectivity index (χ2v) is 2.61. The molecule has 1 aromatic carbocycles. The lowest BCUT2D eigenvalue weighted by Gasteiger charge is -2.06. The van der Waals surface area contributed by atoms with Crippen LogP contribution in [0.5, 0.6) is 0 Å². The standard InChI is InChI=1S/C10H12FO/c1-9(7-11)12-8-10-5-3-2-4-6-10/h2-6H,7-8H2,1H3. The summed E-state index contributed by atoms with van der Waals surface area (Å²) in [6, 6.07) is 9.71. The van der Waals surface area contributed by atoms with Crippen molar-refractivity contribution in [3.8, 4) is 0 Å². The minimum atomic E-state index is -0.507. The molecule has 0 heterocycles. The van der Waals surface area contributed by atoms with Gasteiger partial charge in [0.05, 0.1) is 6.61 Å². The summed E-state index contributed by atoms with van der Waals surface area (Å²) in [6.45, 7) is 1.59. The zero-order valence-electron chi connectivity index (χ0n) is 7.09. The molecule has 0 fully saturated rings. The third-order valence-electron chi connectivity index (χ3n) is 1.52. The van der Waals surface area contributed by atoms with E-state index in [4.69, 9.17) is 4.74 Å². The quantitative estimate of drug-likeness (QED) is 0.670. The Morgan fingerprint density at radius 3 is 2.58 bits per heavy atom. The van der Waals surface area contributed by atoms with E-state index >= 15 is 0 Å². The molecule has 1 aromatic rings. The summed E-state index contributed by atoms with van der Waals surface area (Å²) in [6.07, 6.45) is 0.429. The van der Waals surface area contributed by atoms with Crippen LogP contribution < -0.4 is 0 Å². The largest absolute Gasteiger partial charge is 0.365 e. The summed E-state index contributed by atoms with van der Waals surface area (Å²) in [5.41, 5.74) is 1.06. The van der Waals surface area contributed by atoms with Gasteiger partial charge >= 0.3 is 0 Å². The highest BCUT2D eigenvalue weighted by Gasteiger charge is 2.01. The Morgan fingerprint density at radius 2 is 2.00 bits per heavy atom. The number of ether oxygens (including phenoxy) is 1. The third-order valence-corrected chi connectivity index (χ3v) is 1.52.